The summed E-state index contributed by atoms with van der Waals surface area (Å²) in [6.07, 6.45) is 4.28. The zero-order valence-electron chi connectivity index (χ0n) is 23.1. The molecule has 3 aromatic rings. The molecule has 2 aromatic carbocycles. The van der Waals surface area contributed by atoms with Gasteiger partial charge in [0.15, 0.2) is 11.0 Å². The van der Waals surface area contributed by atoms with Crippen LogP contribution in [0, 0.1) is 0 Å². The Hall–Kier alpha value is -2.93. The fourth-order valence-electron chi connectivity index (χ4n) is 5.87. The van der Waals surface area contributed by atoms with Gasteiger partial charge < -0.3 is 14.5 Å². The van der Waals surface area contributed by atoms with Gasteiger partial charge in [-0.2, -0.15) is 4.31 Å². The van der Waals surface area contributed by atoms with Crippen LogP contribution in [0.3, 0.4) is 0 Å². The first-order valence-corrected chi connectivity index (χ1v) is 16.8. The van der Waals surface area contributed by atoms with Gasteiger partial charge >= 0.3 is 0 Å². The summed E-state index contributed by atoms with van der Waals surface area (Å²) in [5.74, 6) is 1.05. The van der Waals surface area contributed by atoms with E-state index in [2.05, 4.69) is 31.8 Å². The number of sulfonamides is 1. The molecule has 2 aliphatic heterocycles. The van der Waals surface area contributed by atoms with E-state index in [1.54, 1.807) is 18.2 Å². The van der Waals surface area contributed by atoms with Crippen molar-refractivity contribution < 1.29 is 17.9 Å². The number of carbonyl (C=O) groups excluding carboxylic acids is 1. The largest absolute Gasteiger partial charge is 0.379 e. The van der Waals surface area contributed by atoms with Crippen LogP contribution in [0.1, 0.15) is 31.7 Å². The van der Waals surface area contributed by atoms with Crippen molar-refractivity contribution >= 4 is 33.4 Å². The standard InChI is InChI=1S/C29H36N6O4S2/c36-27(33-15-13-32(14-16-33)24-8-2-1-3-9-24)22-40-29-31-30-28(35(29)25-10-4-5-11-25)23-7-6-12-26(21-23)41(37,38)34-17-19-39-20-18-34/h1-3,6-9,12,21,25H,4-5,10-11,13-20,22H2. The Morgan fingerprint density at radius 2 is 1.63 bits per heavy atom. The number of rotatable bonds is 8. The van der Waals surface area contributed by atoms with Gasteiger partial charge in [-0.3, -0.25) is 9.36 Å². The molecule has 10 nitrogen and oxygen atoms in total. The van der Waals surface area contributed by atoms with Gasteiger partial charge in [0.05, 0.1) is 23.9 Å². The molecule has 3 aliphatic rings. The fourth-order valence-corrected chi connectivity index (χ4v) is 8.23. The number of thioether (sulfide) groups is 1. The maximum Gasteiger partial charge on any atom is 0.243 e. The highest BCUT2D eigenvalue weighted by atomic mass is 32.2. The molecule has 1 aliphatic carbocycles. The van der Waals surface area contributed by atoms with E-state index < -0.39 is 10.0 Å². The molecule has 2 saturated heterocycles. The minimum Gasteiger partial charge on any atom is -0.379 e. The second-order valence-electron chi connectivity index (χ2n) is 10.7. The normalized spacial score (nSPS) is 19.1. The summed E-state index contributed by atoms with van der Waals surface area (Å²) in [5, 5.41) is 9.75. The molecular weight excluding hydrogens is 560 g/mol. The highest BCUT2D eigenvalue weighted by Crippen LogP contribution is 2.37. The lowest BCUT2D eigenvalue weighted by atomic mass is 10.2. The summed E-state index contributed by atoms with van der Waals surface area (Å²) in [7, 11) is -3.64. The van der Waals surface area contributed by atoms with Crippen LogP contribution in [0.2, 0.25) is 0 Å². The predicted molar refractivity (Wildman–Crippen MR) is 158 cm³/mol. The lowest BCUT2D eigenvalue weighted by Crippen LogP contribution is -2.49. The Morgan fingerprint density at radius 1 is 0.902 bits per heavy atom. The van der Waals surface area contributed by atoms with E-state index in [1.807, 2.05) is 29.2 Å². The predicted octanol–water partition coefficient (Wildman–Crippen LogP) is 3.52. The van der Waals surface area contributed by atoms with E-state index in [0.717, 1.165) is 38.8 Å². The second-order valence-corrected chi connectivity index (χ2v) is 13.5. The number of hydrogen-bond acceptors (Lipinski definition) is 8. The first-order valence-electron chi connectivity index (χ1n) is 14.3. The Balaban J connectivity index is 1.17. The van der Waals surface area contributed by atoms with Crippen molar-refractivity contribution in [1.82, 2.24) is 24.0 Å². The van der Waals surface area contributed by atoms with Crippen LogP contribution < -0.4 is 4.90 Å². The fraction of sp³-hybridized carbons (Fsp3) is 0.483. The number of amides is 1. The Morgan fingerprint density at radius 3 is 2.37 bits per heavy atom. The number of hydrogen-bond donors (Lipinski definition) is 0. The van der Waals surface area contributed by atoms with Crippen LogP contribution in [0.15, 0.2) is 64.6 Å². The highest BCUT2D eigenvalue weighted by molar-refractivity contribution is 7.99. The molecule has 0 spiro atoms. The zero-order valence-corrected chi connectivity index (χ0v) is 24.7. The van der Waals surface area contributed by atoms with Crippen molar-refractivity contribution in [2.45, 2.75) is 41.8 Å². The lowest BCUT2D eigenvalue weighted by molar-refractivity contribution is -0.128. The topological polar surface area (TPSA) is 101 Å². The number of piperazine rings is 1. The van der Waals surface area contributed by atoms with Crippen molar-refractivity contribution in [1.29, 1.82) is 0 Å². The van der Waals surface area contributed by atoms with Crippen LogP contribution in [-0.4, -0.2) is 96.5 Å². The first-order chi connectivity index (χ1) is 20.0. The molecule has 218 valence electrons. The van der Waals surface area contributed by atoms with Crippen molar-refractivity contribution in [3.8, 4) is 11.4 Å². The van der Waals surface area contributed by atoms with E-state index in [0.29, 0.717) is 61.7 Å². The van der Waals surface area contributed by atoms with Gasteiger partial charge in [0.2, 0.25) is 15.9 Å². The number of anilines is 1. The quantitative estimate of drug-likeness (QED) is 0.364. The Bertz CT molecular complexity index is 1440. The molecule has 0 bridgehead atoms. The van der Waals surface area contributed by atoms with E-state index in [-0.39, 0.29) is 16.8 Å². The summed E-state index contributed by atoms with van der Waals surface area (Å²) < 4.78 is 35.6. The maximum atomic E-state index is 13.3. The number of benzene rings is 2. The summed E-state index contributed by atoms with van der Waals surface area (Å²) >= 11 is 1.42. The average Bonchev–Trinajstić information content (AvgIpc) is 3.71. The number of carbonyl (C=O) groups is 1. The van der Waals surface area contributed by atoms with Crippen LogP contribution in [0.25, 0.3) is 11.4 Å². The molecule has 0 atom stereocenters. The molecular formula is C29H36N6O4S2. The van der Waals surface area contributed by atoms with Crippen molar-refractivity contribution in [3.05, 3.63) is 54.6 Å². The van der Waals surface area contributed by atoms with E-state index in [4.69, 9.17) is 4.74 Å². The minimum atomic E-state index is -3.64. The molecule has 3 fully saturated rings. The molecule has 3 heterocycles. The van der Waals surface area contributed by atoms with Crippen LogP contribution in [0.4, 0.5) is 5.69 Å². The third-order valence-electron chi connectivity index (χ3n) is 8.13. The number of ether oxygens (including phenoxy) is 1. The van der Waals surface area contributed by atoms with Crippen LogP contribution in [0.5, 0.6) is 0 Å². The Labute approximate surface area is 245 Å². The van der Waals surface area contributed by atoms with Crippen molar-refractivity contribution in [2.24, 2.45) is 0 Å². The van der Waals surface area contributed by atoms with Crippen LogP contribution >= 0.6 is 11.8 Å². The monoisotopic (exact) mass is 596 g/mol. The zero-order chi connectivity index (χ0) is 28.2. The molecule has 12 heteroatoms. The summed E-state index contributed by atoms with van der Waals surface area (Å²) in [6, 6.07) is 17.5. The number of nitrogens with zero attached hydrogens (tertiary/aromatic N) is 6. The van der Waals surface area contributed by atoms with Gasteiger partial charge in [-0.15, -0.1) is 10.2 Å². The third kappa shape index (κ3) is 6.15. The molecule has 0 radical (unpaired) electrons. The smallest absolute Gasteiger partial charge is 0.243 e. The molecule has 1 amide bonds. The van der Waals surface area contributed by atoms with Gasteiger partial charge in [0.25, 0.3) is 0 Å². The van der Waals surface area contributed by atoms with E-state index >= 15 is 0 Å². The first kappa shape index (κ1) is 28.2. The Kier molecular flexibility index (Phi) is 8.61. The molecule has 41 heavy (non-hydrogen) atoms. The molecule has 1 saturated carbocycles. The number of para-hydroxylation sites is 1. The highest BCUT2D eigenvalue weighted by Gasteiger charge is 2.29. The molecule has 1 aromatic heterocycles. The molecule has 0 N–H and O–H groups in total. The average molecular weight is 597 g/mol. The van der Waals surface area contributed by atoms with Crippen LogP contribution in [-0.2, 0) is 19.6 Å². The van der Waals surface area contributed by atoms with Gasteiger partial charge in [-0.25, -0.2) is 8.42 Å². The van der Waals surface area contributed by atoms with Gasteiger partial charge in [-0.1, -0.05) is 54.9 Å². The SMILES string of the molecule is O=C(CSc1nnc(-c2cccc(S(=O)(=O)N3CCOCC3)c2)n1C1CCCC1)N1CCN(c2ccccc2)CC1. The molecule has 6 rings (SSSR count). The number of morpholine rings is 1. The molecule has 0 unspecified atom stereocenters. The lowest BCUT2D eigenvalue weighted by Gasteiger charge is -2.36. The van der Waals surface area contributed by atoms with Gasteiger partial charge in [0.1, 0.15) is 0 Å². The second kappa shape index (κ2) is 12.5. The number of aromatic nitrogens is 3. The van der Waals surface area contributed by atoms with Gasteiger partial charge in [0, 0.05) is 56.6 Å². The van der Waals surface area contributed by atoms with Crippen molar-refractivity contribution in [3.63, 3.8) is 0 Å². The summed E-state index contributed by atoms with van der Waals surface area (Å²) in [4.78, 5) is 17.7. The third-order valence-corrected chi connectivity index (χ3v) is 11.0. The summed E-state index contributed by atoms with van der Waals surface area (Å²) in [5.41, 5.74) is 1.90. The minimum absolute atomic E-state index is 0.101. The van der Waals surface area contributed by atoms with Crippen molar-refractivity contribution in [2.75, 3.05) is 63.1 Å². The van der Waals surface area contributed by atoms with E-state index in [9.17, 15) is 13.2 Å². The maximum absolute atomic E-state index is 13.3. The summed E-state index contributed by atoms with van der Waals surface area (Å²) in [6.45, 7) is 4.51. The van der Waals surface area contributed by atoms with E-state index in [1.165, 1.54) is 21.8 Å². The van der Waals surface area contributed by atoms with Gasteiger partial charge in [-0.05, 0) is 37.1 Å².